The maximum atomic E-state index is 10.8. The number of hydrogen-bond donors (Lipinski definition) is 1. The molecular formula is C11H16LiNO3S. The Morgan fingerprint density at radius 2 is 1.82 bits per heavy atom. The van der Waals surface area contributed by atoms with Gasteiger partial charge in [0.05, 0.1) is 18.1 Å². The molecular weight excluding hydrogens is 233 g/mol. The number of morpholine rings is 1. The van der Waals surface area contributed by atoms with Crippen LogP contribution in [0.1, 0.15) is 5.56 Å². The van der Waals surface area contributed by atoms with Gasteiger partial charge in [-0.05, 0) is 17.7 Å². The van der Waals surface area contributed by atoms with Gasteiger partial charge in [-0.2, -0.15) is 0 Å². The second kappa shape index (κ2) is 7.32. The van der Waals surface area contributed by atoms with Gasteiger partial charge in [0, 0.05) is 19.6 Å². The van der Waals surface area contributed by atoms with Gasteiger partial charge in [0.25, 0.3) is 0 Å². The molecule has 1 atom stereocenters. The van der Waals surface area contributed by atoms with Gasteiger partial charge in [0.15, 0.2) is 11.1 Å². The van der Waals surface area contributed by atoms with Gasteiger partial charge in [-0.15, -0.1) is 0 Å². The minimum absolute atomic E-state index is 0. The molecule has 1 aliphatic heterocycles. The first-order valence-electron chi connectivity index (χ1n) is 5.25. The monoisotopic (exact) mass is 249 g/mol. The van der Waals surface area contributed by atoms with Crippen LogP contribution in [0.5, 0.6) is 0 Å². The van der Waals surface area contributed by atoms with E-state index in [0.29, 0.717) is 4.90 Å². The third kappa shape index (κ3) is 4.55. The van der Waals surface area contributed by atoms with E-state index in [9.17, 15) is 4.21 Å². The summed E-state index contributed by atoms with van der Waals surface area (Å²) in [5.74, 6) is 0. The summed E-state index contributed by atoms with van der Waals surface area (Å²) in [5.41, 5.74) is 1.16. The molecule has 4 nitrogen and oxygen atoms in total. The molecule has 0 amide bonds. The van der Waals surface area contributed by atoms with Crippen molar-refractivity contribution in [3.05, 3.63) is 29.8 Å². The molecule has 1 aromatic carbocycles. The van der Waals surface area contributed by atoms with Crippen LogP contribution >= 0.6 is 0 Å². The van der Waals surface area contributed by atoms with Crippen molar-refractivity contribution in [3.63, 3.8) is 0 Å². The van der Waals surface area contributed by atoms with Gasteiger partial charge >= 0.3 is 18.9 Å². The number of rotatable bonds is 3. The fraction of sp³-hybridized carbons (Fsp3) is 0.455. The summed E-state index contributed by atoms with van der Waals surface area (Å²) in [6.07, 6.45) is 0. The second-order valence-electron chi connectivity index (χ2n) is 3.78. The van der Waals surface area contributed by atoms with Gasteiger partial charge in [-0.3, -0.25) is 4.90 Å². The summed E-state index contributed by atoms with van der Waals surface area (Å²) in [5, 5.41) is 0. The van der Waals surface area contributed by atoms with Crippen LogP contribution in [0.4, 0.5) is 0 Å². The molecule has 1 aliphatic rings. The van der Waals surface area contributed by atoms with Crippen molar-refractivity contribution >= 4 is 29.9 Å². The third-order valence-electron chi connectivity index (χ3n) is 2.63. The van der Waals surface area contributed by atoms with Crippen LogP contribution in [0.15, 0.2) is 29.2 Å². The van der Waals surface area contributed by atoms with Crippen LogP contribution in [0.2, 0.25) is 0 Å². The number of ether oxygens (including phenoxy) is 1. The van der Waals surface area contributed by atoms with Crippen LogP contribution in [0.3, 0.4) is 0 Å². The Hall–Kier alpha value is -0.153. The van der Waals surface area contributed by atoms with E-state index in [2.05, 4.69) is 4.90 Å². The number of nitrogens with zero attached hydrogens (tertiary/aromatic N) is 1. The zero-order valence-electron chi connectivity index (χ0n) is 8.96. The van der Waals surface area contributed by atoms with E-state index in [1.54, 1.807) is 12.1 Å². The van der Waals surface area contributed by atoms with Crippen molar-refractivity contribution < 1.29 is 13.5 Å². The van der Waals surface area contributed by atoms with E-state index in [-0.39, 0.29) is 18.9 Å². The molecule has 0 aliphatic carbocycles. The average Bonchev–Trinajstić information content (AvgIpc) is 2.31. The van der Waals surface area contributed by atoms with E-state index in [1.807, 2.05) is 12.1 Å². The van der Waals surface area contributed by atoms with Crippen molar-refractivity contribution in [1.82, 2.24) is 4.90 Å². The van der Waals surface area contributed by atoms with Crippen molar-refractivity contribution in [1.29, 1.82) is 0 Å². The van der Waals surface area contributed by atoms with Crippen molar-refractivity contribution in [3.8, 4) is 0 Å². The number of benzene rings is 1. The molecule has 17 heavy (non-hydrogen) atoms. The summed E-state index contributed by atoms with van der Waals surface area (Å²) < 4.78 is 24.9. The molecule has 0 aromatic heterocycles. The second-order valence-corrected chi connectivity index (χ2v) is 4.75. The Morgan fingerprint density at radius 3 is 2.35 bits per heavy atom. The first-order chi connectivity index (χ1) is 7.75. The molecule has 1 fully saturated rings. The molecule has 0 spiro atoms. The zero-order chi connectivity index (χ0) is 11.4. The first-order valence-corrected chi connectivity index (χ1v) is 6.36. The van der Waals surface area contributed by atoms with Crippen molar-refractivity contribution in [2.75, 3.05) is 26.3 Å². The van der Waals surface area contributed by atoms with Crippen molar-refractivity contribution in [2.45, 2.75) is 11.4 Å². The van der Waals surface area contributed by atoms with Crippen molar-refractivity contribution in [2.24, 2.45) is 0 Å². The van der Waals surface area contributed by atoms with E-state index in [1.165, 1.54) is 0 Å². The van der Waals surface area contributed by atoms with E-state index >= 15 is 0 Å². The molecule has 1 saturated heterocycles. The third-order valence-corrected chi connectivity index (χ3v) is 3.31. The summed E-state index contributed by atoms with van der Waals surface area (Å²) >= 11 is -1.88. The summed E-state index contributed by atoms with van der Waals surface area (Å²) in [7, 11) is 0. The molecule has 1 heterocycles. The van der Waals surface area contributed by atoms with Gasteiger partial charge in [-0.1, -0.05) is 12.1 Å². The normalized spacial score (nSPS) is 18.4. The minimum atomic E-state index is -1.88. The van der Waals surface area contributed by atoms with Crippen LogP contribution in [0.25, 0.3) is 0 Å². The molecule has 1 aromatic rings. The van der Waals surface area contributed by atoms with E-state index in [4.69, 9.17) is 9.29 Å². The average molecular weight is 249 g/mol. The standard InChI is InChI=1S/C11H15NO3S.Li.H/c13-16(14)11-3-1-10(2-4-11)9-12-5-7-15-8-6-12;;/h1-4H,5-9H2,(H,13,14);;. The summed E-state index contributed by atoms with van der Waals surface area (Å²) in [6, 6.07) is 7.20. The molecule has 0 saturated carbocycles. The summed E-state index contributed by atoms with van der Waals surface area (Å²) in [4.78, 5) is 2.76. The van der Waals surface area contributed by atoms with E-state index in [0.717, 1.165) is 38.4 Å². The molecule has 0 bridgehead atoms. The predicted molar refractivity (Wildman–Crippen MR) is 68.7 cm³/mol. The molecule has 0 radical (unpaired) electrons. The molecule has 90 valence electrons. The Morgan fingerprint density at radius 1 is 1.24 bits per heavy atom. The van der Waals surface area contributed by atoms with Gasteiger partial charge < -0.3 is 9.29 Å². The Balaban J connectivity index is 0.00000144. The van der Waals surface area contributed by atoms with Crippen LogP contribution in [-0.4, -0.2) is 58.8 Å². The number of hydrogen-bond acceptors (Lipinski definition) is 3. The molecule has 2 rings (SSSR count). The maximum absolute atomic E-state index is 10.8. The Labute approximate surface area is 116 Å². The Kier molecular flexibility index (Phi) is 6.42. The summed E-state index contributed by atoms with van der Waals surface area (Å²) in [6.45, 7) is 4.36. The molecule has 6 heteroatoms. The predicted octanol–water partition coefficient (Wildman–Crippen LogP) is 0.451. The molecule has 1 N–H and O–H groups in total. The topological polar surface area (TPSA) is 49.8 Å². The fourth-order valence-corrected chi connectivity index (χ4v) is 2.10. The van der Waals surface area contributed by atoms with Crippen LogP contribution in [-0.2, 0) is 22.4 Å². The van der Waals surface area contributed by atoms with E-state index < -0.39 is 11.1 Å². The van der Waals surface area contributed by atoms with Gasteiger partial charge in [0.2, 0.25) is 0 Å². The SMILES string of the molecule is O=S(O)c1ccc(CN2CCOCC2)cc1.[LiH]. The van der Waals surface area contributed by atoms with Crippen LogP contribution in [0, 0.1) is 0 Å². The van der Waals surface area contributed by atoms with Gasteiger partial charge in [-0.25, -0.2) is 4.21 Å². The zero-order valence-corrected chi connectivity index (χ0v) is 9.78. The fourth-order valence-electron chi connectivity index (χ4n) is 1.73. The quantitative estimate of drug-likeness (QED) is 0.624. The Bertz CT molecular complexity index is 365. The van der Waals surface area contributed by atoms with Gasteiger partial charge in [0.1, 0.15) is 0 Å². The molecule has 1 unspecified atom stereocenters. The first kappa shape index (κ1) is 14.9. The van der Waals surface area contributed by atoms with Crippen LogP contribution < -0.4 is 0 Å².